The Balaban J connectivity index is 3.31. The van der Waals surface area contributed by atoms with Crippen molar-refractivity contribution in [2.24, 2.45) is 0 Å². The van der Waals surface area contributed by atoms with Crippen LogP contribution in [0.5, 0.6) is 0 Å². The smallest absolute Gasteiger partial charge is 0.236 e. The molecule has 0 aromatic carbocycles. The highest BCUT2D eigenvalue weighted by atomic mass is 16.5. The highest BCUT2D eigenvalue weighted by Crippen LogP contribution is 1.86. The Morgan fingerprint density at radius 2 is 2.20 bits per heavy atom. The minimum Gasteiger partial charge on any atom is -0.376 e. The quantitative estimate of drug-likeness (QED) is 0.476. The number of nitrogens with zero attached hydrogens (tertiary/aromatic N) is 1. The number of likely N-dealkylation sites (N-methyl/N-ethyl adjacent to an activating group) is 1. The average Bonchev–Trinajstić information content (AvgIpc) is 2.21. The monoisotopic (exact) mass is 214 g/mol. The fraction of sp³-hybridized carbons (Fsp3) is 0.727. The Kier molecular flexibility index (Phi) is 7.95. The molecule has 0 aromatic rings. The molecule has 0 fully saturated rings. The molecule has 0 heterocycles. The van der Waals surface area contributed by atoms with Crippen molar-refractivity contribution in [2.75, 3.05) is 39.9 Å². The van der Waals surface area contributed by atoms with Crippen LogP contribution in [0.3, 0.4) is 0 Å². The highest BCUT2D eigenvalue weighted by molar-refractivity contribution is 5.77. The van der Waals surface area contributed by atoms with E-state index in [9.17, 15) is 4.79 Å². The summed E-state index contributed by atoms with van der Waals surface area (Å²) >= 11 is 0. The van der Waals surface area contributed by atoms with Gasteiger partial charge in [0.05, 0.1) is 19.8 Å². The topological polar surface area (TPSA) is 41.6 Å². The standard InChI is InChI=1S/C11H22N2O2/c1-5-13(4)11(14)8-12-6-7-15-9-10(2)3/h12H,2,5-9H2,1,3-4H3. The molecule has 0 radical (unpaired) electrons. The van der Waals surface area contributed by atoms with Crippen LogP contribution >= 0.6 is 0 Å². The molecule has 0 atom stereocenters. The van der Waals surface area contributed by atoms with Crippen molar-refractivity contribution < 1.29 is 9.53 Å². The summed E-state index contributed by atoms with van der Waals surface area (Å²) in [5.74, 6) is 0.109. The minimum atomic E-state index is 0.109. The Hall–Kier alpha value is -0.870. The van der Waals surface area contributed by atoms with E-state index in [-0.39, 0.29) is 5.91 Å². The number of carbonyl (C=O) groups is 1. The maximum Gasteiger partial charge on any atom is 0.236 e. The zero-order valence-corrected chi connectivity index (χ0v) is 10.0. The number of amides is 1. The van der Waals surface area contributed by atoms with Gasteiger partial charge in [0, 0.05) is 20.1 Å². The average molecular weight is 214 g/mol. The van der Waals surface area contributed by atoms with Crippen molar-refractivity contribution in [3.8, 4) is 0 Å². The van der Waals surface area contributed by atoms with E-state index in [1.807, 2.05) is 13.8 Å². The van der Waals surface area contributed by atoms with Crippen molar-refractivity contribution in [2.45, 2.75) is 13.8 Å². The van der Waals surface area contributed by atoms with Gasteiger partial charge in [0.2, 0.25) is 5.91 Å². The predicted molar refractivity (Wildman–Crippen MR) is 61.8 cm³/mol. The summed E-state index contributed by atoms with van der Waals surface area (Å²) in [7, 11) is 1.79. The van der Waals surface area contributed by atoms with Gasteiger partial charge in [0.15, 0.2) is 0 Å². The van der Waals surface area contributed by atoms with Crippen molar-refractivity contribution in [1.82, 2.24) is 10.2 Å². The molecule has 4 nitrogen and oxygen atoms in total. The fourth-order valence-corrected chi connectivity index (χ4v) is 0.897. The number of rotatable bonds is 8. The van der Waals surface area contributed by atoms with Crippen LogP contribution in [-0.2, 0) is 9.53 Å². The molecule has 0 rings (SSSR count). The summed E-state index contributed by atoms with van der Waals surface area (Å²) in [6, 6.07) is 0. The number of ether oxygens (including phenoxy) is 1. The van der Waals surface area contributed by atoms with Crippen molar-refractivity contribution in [3.05, 3.63) is 12.2 Å². The zero-order valence-electron chi connectivity index (χ0n) is 10.0. The third-order valence-electron chi connectivity index (χ3n) is 1.95. The van der Waals surface area contributed by atoms with Gasteiger partial charge in [-0.25, -0.2) is 0 Å². The van der Waals surface area contributed by atoms with Gasteiger partial charge in [-0.1, -0.05) is 12.2 Å². The van der Waals surface area contributed by atoms with Crippen LogP contribution in [0, 0.1) is 0 Å². The van der Waals surface area contributed by atoms with E-state index < -0.39 is 0 Å². The Labute approximate surface area is 92.3 Å². The molecule has 0 spiro atoms. The van der Waals surface area contributed by atoms with Crippen LogP contribution < -0.4 is 5.32 Å². The summed E-state index contributed by atoms with van der Waals surface area (Å²) in [6.07, 6.45) is 0. The molecule has 0 aliphatic carbocycles. The van der Waals surface area contributed by atoms with E-state index in [0.29, 0.717) is 26.3 Å². The molecule has 0 saturated heterocycles. The molecule has 1 amide bonds. The molecule has 0 bridgehead atoms. The van der Waals surface area contributed by atoms with Gasteiger partial charge in [0.1, 0.15) is 0 Å². The molecular weight excluding hydrogens is 192 g/mol. The predicted octanol–water partition coefficient (Wildman–Crippen LogP) is 0.647. The lowest BCUT2D eigenvalue weighted by molar-refractivity contribution is -0.128. The maximum absolute atomic E-state index is 11.3. The van der Waals surface area contributed by atoms with Gasteiger partial charge in [0.25, 0.3) is 0 Å². The van der Waals surface area contributed by atoms with Crippen LogP contribution in [0.2, 0.25) is 0 Å². The maximum atomic E-state index is 11.3. The molecule has 0 aliphatic rings. The van der Waals surface area contributed by atoms with Crippen molar-refractivity contribution in [3.63, 3.8) is 0 Å². The minimum absolute atomic E-state index is 0.109. The molecule has 0 saturated carbocycles. The lowest BCUT2D eigenvalue weighted by Gasteiger charge is -2.14. The Bertz CT molecular complexity index is 205. The Morgan fingerprint density at radius 3 is 2.73 bits per heavy atom. The van der Waals surface area contributed by atoms with Crippen molar-refractivity contribution >= 4 is 5.91 Å². The van der Waals surface area contributed by atoms with Gasteiger partial charge < -0.3 is 15.0 Å². The van der Waals surface area contributed by atoms with E-state index in [4.69, 9.17) is 4.74 Å². The molecule has 15 heavy (non-hydrogen) atoms. The van der Waals surface area contributed by atoms with E-state index in [1.165, 1.54) is 0 Å². The first-order valence-electron chi connectivity index (χ1n) is 5.24. The molecule has 0 unspecified atom stereocenters. The first-order chi connectivity index (χ1) is 7.07. The van der Waals surface area contributed by atoms with Crippen molar-refractivity contribution in [1.29, 1.82) is 0 Å². The van der Waals surface area contributed by atoms with Crippen LogP contribution in [0.15, 0.2) is 12.2 Å². The molecule has 4 heteroatoms. The third-order valence-corrected chi connectivity index (χ3v) is 1.95. The van der Waals surface area contributed by atoms with Gasteiger partial charge in [-0.15, -0.1) is 0 Å². The molecular formula is C11H22N2O2. The van der Waals surface area contributed by atoms with Crippen LogP contribution in [0.25, 0.3) is 0 Å². The zero-order chi connectivity index (χ0) is 11.7. The number of carbonyl (C=O) groups excluding carboxylic acids is 1. The van der Waals surface area contributed by atoms with Gasteiger partial charge in [-0.05, 0) is 13.8 Å². The van der Waals surface area contributed by atoms with E-state index in [1.54, 1.807) is 11.9 Å². The molecule has 88 valence electrons. The second kappa shape index (κ2) is 8.44. The van der Waals surface area contributed by atoms with Gasteiger partial charge in [-0.2, -0.15) is 0 Å². The van der Waals surface area contributed by atoms with Gasteiger partial charge >= 0.3 is 0 Å². The summed E-state index contributed by atoms with van der Waals surface area (Å²) in [4.78, 5) is 13.0. The van der Waals surface area contributed by atoms with Crippen LogP contribution in [0.4, 0.5) is 0 Å². The SMILES string of the molecule is C=C(C)COCCNCC(=O)N(C)CC. The number of nitrogens with one attached hydrogen (secondary N) is 1. The first-order valence-corrected chi connectivity index (χ1v) is 5.24. The van der Waals surface area contributed by atoms with E-state index >= 15 is 0 Å². The first kappa shape index (κ1) is 14.1. The fourth-order valence-electron chi connectivity index (χ4n) is 0.897. The third kappa shape index (κ3) is 8.15. The summed E-state index contributed by atoms with van der Waals surface area (Å²) < 4.78 is 5.28. The van der Waals surface area contributed by atoms with Crippen LogP contribution in [0.1, 0.15) is 13.8 Å². The summed E-state index contributed by atoms with van der Waals surface area (Å²) in [6.45, 7) is 10.6. The van der Waals surface area contributed by atoms with Gasteiger partial charge in [-0.3, -0.25) is 4.79 Å². The number of hydrogen-bond acceptors (Lipinski definition) is 3. The normalized spacial score (nSPS) is 10.1. The van der Waals surface area contributed by atoms with E-state index in [2.05, 4.69) is 11.9 Å². The Morgan fingerprint density at radius 1 is 1.53 bits per heavy atom. The van der Waals surface area contributed by atoms with Crippen LogP contribution in [-0.4, -0.2) is 50.7 Å². The second-order valence-corrected chi connectivity index (χ2v) is 3.59. The van der Waals surface area contributed by atoms with E-state index in [0.717, 1.165) is 12.1 Å². The molecule has 0 aliphatic heterocycles. The number of hydrogen-bond donors (Lipinski definition) is 1. The lowest BCUT2D eigenvalue weighted by Crippen LogP contribution is -2.36. The summed E-state index contributed by atoms with van der Waals surface area (Å²) in [5.41, 5.74) is 1.01. The largest absolute Gasteiger partial charge is 0.376 e. The molecule has 1 N–H and O–H groups in total. The highest BCUT2D eigenvalue weighted by Gasteiger charge is 2.04. The second-order valence-electron chi connectivity index (χ2n) is 3.59. The molecule has 0 aromatic heterocycles. The lowest BCUT2D eigenvalue weighted by atomic mass is 10.4. The summed E-state index contributed by atoms with van der Waals surface area (Å²) in [5, 5.41) is 3.03.